The molecule has 2 aromatic heterocycles. The normalized spacial score (nSPS) is 11.9. The van der Waals surface area contributed by atoms with Gasteiger partial charge in [0.1, 0.15) is 5.82 Å². The Hall–Kier alpha value is -3.38. The highest BCUT2D eigenvalue weighted by atomic mass is 32.2. The number of nitro benzene ring substituents is 1. The molecule has 0 radical (unpaired) electrons. The van der Waals surface area contributed by atoms with Gasteiger partial charge in [-0.3, -0.25) is 10.1 Å². The Bertz CT molecular complexity index is 1180. The zero-order valence-electron chi connectivity index (χ0n) is 15.4. The third-order valence-corrected chi connectivity index (χ3v) is 5.88. The number of non-ortho nitro benzene ring substituents is 1. The van der Waals surface area contributed by atoms with Crippen molar-refractivity contribution < 1.29 is 13.7 Å². The minimum absolute atomic E-state index is 0.0127. The van der Waals surface area contributed by atoms with Crippen LogP contribution in [0.25, 0.3) is 11.5 Å². The van der Waals surface area contributed by atoms with Gasteiger partial charge in [-0.25, -0.2) is 4.39 Å². The lowest BCUT2D eigenvalue weighted by molar-refractivity contribution is -0.384. The maximum absolute atomic E-state index is 13.3. The highest BCUT2D eigenvalue weighted by Crippen LogP contribution is 2.38. The van der Waals surface area contributed by atoms with Gasteiger partial charge in [-0.1, -0.05) is 29.2 Å². The minimum Gasteiger partial charge on any atom is -0.419 e. The van der Waals surface area contributed by atoms with E-state index >= 15 is 0 Å². The fourth-order valence-corrected chi connectivity index (χ4v) is 4.39. The number of nitrogens with zero attached hydrogens (tertiary/aromatic N) is 5. The van der Waals surface area contributed by atoms with Crippen molar-refractivity contribution in [1.29, 1.82) is 0 Å². The fraction of sp³-hybridized carbons (Fsp3) is 0.111. The highest BCUT2D eigenvalue weighted by molar-refractivity contribution is 8.01. The molecular weight excluding hydrogens is 431 g/mol. The maximum atomic E-state index is 13.3. The standard InChI is InChI=1S/C18H13FN6O3S2/c1-10(15-21-22-16(28-15)11-5-7-14(8-6-11)25(26)27)29-18-24-23-17(30-18)20-13-4-2-3-12(19)9-13/h2-10H,1H3,(H,20,23). The summed E-state index contributed by atoms with van der Waals surface area (Å²) < 4.78 is 19.7. The quantitative estimate of drug-likeness (QED) is 0.232. The summed E-state index contributed by atoms with van der Waals surface area (Å²) in [6, 6.07) is 12.0. The molecule has 30 heavy (non-hydrogen) atoms. The lowest BCUT2D eigenvalue weighted by atomic mass is 10.2. The summed E-state index contributed by atoms with van der Waals surface area (Å²) in [5.41, 5.74) is 1.16. The second-order valence-electron chi connectivity index (χ2n) is 6.02. The predicted octanol–water partition coefficient (Wildman–Crippen LogP) is 5.23. The van der Waals surface area contributed by atoms with Gasteiger partial charge in [-0.05, 0) is 37.3 Å². The molecule has 1 N–H and O–H groups in total. The van der Waals surface area contributed by atoms with E-state index in [1.54, 1.807) is 24.3 Å². The summed E-state index contributed by atoms with van der Waals surface area (Å²) in [4.78, 5) is 10.3. The Morgan fingerprint density at radius 3 is 2.70 bits per heavy atom. The van der Waals surface area contributed by atoms with Crippen molar-refractivity contribution in [3.63, 3.8) is 0 Å². The van der Waals surface area contributed by atoms with E-state index in [1.807, 2.05) is 6.92 Å². The first kappa shape index (κ1) is 19.9. The van der Waals surface area contributed by atoms with Crippen molar-refractivity contribution in [2.24, 2.45) is 0 Å². The van der Waals surface area contributed by atoms with Gasteiger partial charge in [-0.2, -0.15) is 0 Å². The Kier molecular flexibility index (Phi) is 5.68. The van der Waals surface area contributed by atoms with E-state index < -0.39 is 4.92 Å². The minimum atomic E-state index is -0.471. The number of rotatable bonds is 7. The zero-order chi connectivity index (χ0) is 21.1. The van der Waals surface area contributed by atoms with Crippen molar-refractivity contribution in [3.8, 4) is 11.5 Å². The maximum Gasteiger partial charge on any atom is 0.269 e. The van der Waals surface area contributed by atoms with Crippen LogP contribution in [-0.2, 0) is 0 Å². The van der Waals surface area contributed by atoms with E-state index in [-0.39, 0.29) is 22.6 Å². The van der Waals surface area contributed by atoms with Crippen LogP contribution < -0.4 is 5.32 Å². The van der Waals surface area contributed by atoms with Crippen LogP contribution in [0.3, 0.4) is 0 Å². The summed E-state index contributed by atoms with van der Waals surface area (Å²) in [6.45, 7) is 1.89. The third kappa shape index (κ3) is 4.60. The van der Waals surface area contributed by atoms with Gasteiger partial charge in [0.05, 0.1) is 10.2 Å². The topological polar surface area (TPSA) is 120 Å². The van der Waals surface area contributed by atoms with E-state index in [0.29, 0.717) is 26.6 Å². The Labute approximate surface area is 177 Å². The number of hydrogen-bond donors (Lipinski definition) is 1. The predicted molar refractivity (Wildman–Crippen MR) is 110 cm³/mol. The first-order chi connectivity index (χ1) is 14.5. The molecule has 0 fully saturated rings. The molecule has 152 valence electrons. The van der Waals surface area contributed by atoms with Gasteiger partial charge in [0.15, 0.2) is 4.34 Å². The van der Waals surface area contributed by atoms with Crippen molar-refractivity contribution in [2.45, 2.75) is 16.5 Å². The van der Waals surface area contributed by atoms with Gasteiger partial charge in [0.2, 0.25) is 16.9 Å². The molecule has 1 unspecified atom stereocenters. The number of hydrogen-bond acceptors (Lipinski definition) is 10. The van der Waals surface area contributed by atoms with Crippen molar-refractivity contribution in [2.75, 3.05) is 5.32 Å². The molecule has 1 atom stereocenters. The molecule has 0 saturated heterocycles. The third-order valence-electron chi connectivity index (χ3n) is 3.87. The Balaban J connectivity index is 1.41. The lowest BCUT2D eigenvalue weighted by Crippen LogP contribution is -1.89. The lowest BCUT2D eigenvalue weighted by Gasteiger charge is -2.02. The number of benzene rings is 2. The molecule has 0 aliphatic carbocycles. The van der Waals surface area contributed by atoms with Gasteiger partial charge in [-0.15, -0.1) is 20.4 Å². The van der Waals surface area contributed by atoms with Crippen LogP contribution in [0.2, 0.25) is 0 Å². The van der Waals surface area contributed by atoms with Crippen LogP contribution in [0.5, 0.6) is 0 Å². The molecule has 2 heterocycles. The van der Waals surface area contributed by atoms with E-state index in [4.69, 9.17) is 4.42 Å². The molecule has 0 saturated carbocycles. The average Bonchev–Trinajstić information content (AvgIpc) is 3.38. The van der Waals surface area contributed by atoms with Crippen molar-refractivity contribution >= 4 is 39.6 Å². The molecule has 0 bridgehead atoms. The van der Waals surface area contributed by atoms with Crippen LogP contribution >= 0.6 is 23.1 Å². The van der Waals surface area contributed by atoms with Crippen molar-refractivity contribution in [1.82, 2.24) is 20.4 Å². The van der Waals surface area contributed by atoms with Crippen LogP contribution in [0.1, 0.15) is 18.1 Å². The number of nitro groups is 1. The smallest absolute Gasteiger partial charge is 0.269 e. The first-order valence-electron chi connectivity index (χ1n) is 8.59. The van der Waals surface area contributed by atoms with Crippen LogP contribution in [0, 0.1) is 15.9 Å². The van der Waals surface area contributed by atoms with E-state index in [1.165, 1.54) is 47.4 Å². The molecule has 0 amide bonds. The highest BCUT2D eigenvalue weighted by Gasteiger charge is 2.19. The molecule has 12 heteroatoms. The molecular formula is C18H13FN6O3S2. The van der Waals surface area contributed by atoms with E-state index in [0.717, 1.165) is 0 Å². The molecule has 4 aromatic rings. The van der Waals surface area contributed by atoms with E-state index in [2.05, 4.69) is 25.7 Å². The first-order valence-corrected chi connectivity index (χ1v) is 10.3. The number of aromatic nitrogens is 4. The summed E-state index contributed by atoms with van der Waals surface area (Å²) in [5.74, 6) is 0.328. The second-order valence-corrected chi connectivity index (χ2v) is 8.58. The SMILES string of the molecule is CC(Sc1nnc(Nc2cccc(F)c2)s1)c1nnc(-c2ccc([N+](=O)[O-])cc2)o1. The molecule has 0 spiro atoms. The molecule has 2 aromatic carbocycles. The summed E-state index contributed by atoms with van der Waals surface area (Å²) in [7, 11) is 0. The Morgan fingerprint density at radius 1 is 1.17 bits per heavy atom. The average molecular weight is 444 g/mol. The van der Waals surface area contributed by atoms with Gasteiger partial charge in [0, 0.05) is 23.4 Å². The molecule has 0 aliphatic rings. The monoisotopic (exact) mass is 444 g/mol. The number of halogens is 1. The number of thioether (sulfide) groups is 1. The molecule has 9 nitrogen and oxygen atoms in total. The molecule has 4 rings (SSSR count). The Morgan fingerprint density at radius 2 is 1.97 bits per heavy atom. The van der Waals surface area contributed by atoms with Crippen LogP contribution in [-0.4, -0.2) is 25.3 Å². The van der Waals surface area contributed by atoms with E-state index in [9.17, 15) is 14.5 Å². The summed E-state index contributed by atoms with van der Waals surface area (Å²) >= 11 is 2.71. The number of anilines is 2. The second kappa shape index (κ2) is 8.55. The van der Waals surface area contributed by atoms with Crippen LogP contribution in [0.4, 0.5) is 20.9 Å². The number of nitrogens with one attached hydrogen (secondary N) is 1. The van der Waals surface area contributed by atoms with Gasteiger partial charge >= 0.3 is 0 Å². The molecule has 0 aliphatic heterocycles. The summed E-state index contributed by atoms with van der Waals surface area (Å²) in [6.07, 6.45) is 0. The fourth-order valence-electron chi connectivity index (χ4n) is 2.44. The zero-order valence-corrected chi connectivity index (χ0v) is 17.0. The summed E-state index contributed by atoms with van der Waals surface area (Å²) in [5, 5.41) is 30.3. The van der Waals surface area contributed by atoms with Crippen LogP contribution in [0.15, 0.2) is 57.3 Å². The largest absolute Gasteiger partial charge is 0.419 e. The van der Waals surface area contributed by atoms with Crippen molar-refractivity contribution in [3.05, 3.63) is 70.4 Å². The van der Waals surface area contributed by atoms with Gasteiger partial charge < -0.3 is 9.73 Å². The van der Waals surface area contributed by atoms with Gasteiger partial charge in [0.25, 0.3) is 5.69 Å².